The molecule has 1 aromatic carbocycles. The fraction of sp³-hybridized carbons (Fsp3) is 0.0588. The molecule has 0 aliphatic carbocycles. The predicted octanol–water partition coefficient (Wildman–Crippen LogP) is 4.22. The Kier molecular flexibility index (Phi) is 4.60. The highest BCUT2D eigenvalue weighted by atomic mass is 79.9. The highest BCUT2D eigenvalue weighted by Crippen LogP contribution is 2.24. The molecule has 2 heterocycles. The normalized spacial score (nSPS) is 11.4. The van der Waals surface area contributed by atoms with Gasteiger partial charge in [0.2, 0.25) is 0 Å². The monoisotopic (exact) mass is 385 g/mol. The van der Waals surface area contributed by atoms with Gasteiger partial charge in [-0.25, -0.2) is 0 Å². The zero-order valence-electron chi connectivity index (χ0n) is 12.0. The van der Waals surface area contributed by atoms with Crippen LogP contribution in [0.15, 0.2) is 52.0 Å². The lowest BCUT2D eigenvalue weighted by Crippen LogP contribution is -2.23. The summed E-state index contributed by atoms with van der Waals surface area (Å²) >= 11 is 5.00. The highest BCUT2D eigenvalue weighted by molar-refractivity contribution is 9.10. The number of amides is 1. The van der Waals surface area contributed by atoms with Crippen molar-refractivity contribution in [2.45, 2.75) is 6.54 Å². The van der Waals surface area contributed by atoms with Gasteiger partial charge >= 0.3 is 0 Å². The molecule has 0 aliphatic rings. The van der Waals surface area contributed by atoms with Crippen molar-refractivity contribution in [2.24, 2.45) is 0 Å². The lowest BCUT2D eigenvalue weighted by atomic mass is 10.1. The van der Waals surface area contributed by atoms with Crippen molar-refractivity contribution >= 4 is 50.2 Å². The Labute approximate surface area is 145 Å². The molecule has 0 aliphatic heterocycles. The standard InChI is InChI=1S/C17H12BrN3OS/c18-13-3-4-16-15(7-13)12(9-20-16)6-11(8-19)17(22)21-10-14-2-1-5-23-14/h1-7,9,20H,10H2,(H,21,22)/b11-6+. The molecule has 1 amide bonds. The third-order valence-electron chi connectivity index (χ3n) is 3.34. The summed E-state index contributed by atoms with van der Waals surface area (Å²) in [6, 6.07) is 11.7. The quantitative estimate of drug-likeness (QED) is 0.521. The summed E-state index contributed by atoms with van der Waals surface area (Å²) in [5, 5.41) is 15.0. The summed E-state index contributed by atoms with van der Waals surface area (Å²) < 4.78 is 0.944. The van der Waals surface area contributed by atoms with Gasteiger partial charge in [-0.2, -0.15) is 5.26 Å². The van der Waals surface area contributed by atoms with Crippen LogP contribution in [0.1, 0.15) is 10.4 Å². The second-order valence-electron chi connectivity index (χ2n) is 4.87. The van der Waals surface area contributed by atoms with E-state index in [-0.39, 0.29) is 11.5 Å². The Balaban J connectivity index is 1.84. The number of aromatic nitrogens is 1. The summed E-state index contributed by atoms with van der Waals surface area (Å²) in [5.41, 5.74) is 1.85. The van der Waals surface area contributed by atoms with Crippen molar-refractivity contribution in [3.05, 3.63) is 62.4 Å². The average molecular weight is 386 g/mol. The lowest BCUT2D eigenvalue weighted by Gasteiger charge is -2.02. The number of fused-ring (bicyclic) bond motifs is 1. The number of hydrogen-bond donors (Lipinski definition) is 2. The number of aromatic amines is 1. The number of H-pyrrole nitrogens is 1. The first-order chi connectivity index (χ1) is 11.2. The average Bonchev–Trinajstić information content (AvgIpc) is 3.20. The number of nitrogens with zero attached hydrogens (tertiary/aromatic N) is 1. The SMILES string of the molecule is N#C/C(=C\c1c[nH]c2ccc(Br)cc12)C(=O)NCc1cccs1. The highest BCUT2D eigenvalue weighted by Gasteiger charge is 2.11. The molecule has 0 saturated heterocycles. The molecule has 2 N–H and O–H groups in total. The van der Waals surface area contributed by atoms with E-state index in [0.717, 1.165) is 25.8 Å². The number of nitrogens with one attached hydrogen (secondary N) is 2. The van der Waals surface area contributed by atoms with Crippen LogP contribution in [-0.2, 0) is 11.3 Å². The van der Waals surface area contributed by atoms with Crippen LogP contribution in [0, 0.1) is 11.3 Å². The molecule has 2 aromatic heterocycles. The lowest BCUT2D eigenvalue weighted by molar-refractivity contribution is -0.117. The van der Waals surface area contributed by atoms with Crippen LogP contribution >= 0.6 is 27.3 Å². The van der Waals surface area contributed by atoms with Crippen LogP contribution in [0.5, 0.6) is 0 Å². The molecule has 23 heavy (non-hydrogen) atoms. The molecule has 3 rings (SSSR count). The first-order valence-electron chi connectivity index (χ1n) is 6.86. The molecule has 0 unspecified atom stereocenters. The number of carbonyl (C=O) groups excluding carboxylic acids is 1. The van der Waals surface area contributed by atoms with E-state index in [0.29, 0.717) is 6.54 Å². The largest absolute Gasteiger partial charge is 0.361 e. The van der Waals surface area contributed by atoms with Gasteiger partial charge in [0.25, 0.3) is 5.91 Å². The summed E-state index contributed by atoms with van der Waals surface area (Å²) in [6.07, 6.45) is 3.40. The number of carbonyl (C=O) groups is 1. The van der Waals surface area contributed by atoms with Crippen LogP contribution in [0.2, 0.25) is 0 Å². The maximum Gasteiger partial charge on any atom is 0.262 e. The predicted molar refractivity (Wildman–Crippen MR) is 95.8 cm³/mol. The van der Waals surface area contributed by atoms with E-state index < -0.39 is 0 Å². The first-order valence-corrected chi connectivity index (χ1v) is 8.53. The Morgan fingerprint density at radius 2 is 2.30 bits per heavy atom. The van der Waals surface area contributed by atoms with Gasteiger partial charge in [0.05, 0.1) is 6.54 Å². The molecular weight excluding hydrogens is 374 g/mol. The fourth-order valence-electron chi connectivity index (χ4n) is 2.21. The molecule has 3 aromatic rings. The van der Waals surface area contributed by atoms with E-state index in [1.54, 1.807) is 23.6 Å². The van der Waals surface area contributed by atoms with Crippen molar-refractivity contribution in [2.75, 3.05) is 0 Å². The molecule has 0 radical (unpaired) electrons. The number of rotatable bonds is 4. The van der Waals surface area contributed by atoms with Gasteiger partial charge in [-0.05, 0) is 35.7 Å². The van der Waals surface area contributed by atoms with E-state index >= 15 is 0 Å². The second kappa shape index (κ2) is 6.82. The van der Waals surface area contributed by atoms with Gasteiger partial charge in [0.1, 0.15) is 11.6 Å². The van der Waals surface area contributed by atoms with Gasteiger partial charge in [-0.1, -0.05) is 22.0 Å². The third-order valence-corrected chi connectivity index (χ3v) is 4.71. The van der Waals surface area contributed by atoms with Crippen LogP contribution < -0.4 is 5.32 Å². The minimum atomic E-state index is -0.370. The van der Waals surface area contributed by atoms with Gasteiger partial charge in [-0.3, -0.25) is 4.79 Å². The van der Waals surface area contributed by atoms with Gasteiger partial charge in [-0.15, -0.1) is 11.3 Å². The van der Waals surface area contributed by atoms with E-state index in [1.165, 1.54) is 0 Å². The molecule has 0 saturated carbocycles. The minimum Gasteiger partial charge on any atom is -0.361 e. The number of thiophene rings is 1. The topological polar surface area (TPSA) is 68.7 Å². The number of halogens is 1. The van der Waals surface area contributed by atoms with Crippen molar-refractivity contribution in [1.82, 2.24) is 10.3 Å². The molecule has 0 fully saturated rings. The van der Waals surface area contributed by atoms with Crippen LogP contribution in [0.4, 0.5) is 0 Å². The van der Waals surface area contributed by atoms with Crippen molar-refractivity contribution in [3.8, 4) is 6.07 Å². The smallest absolute Gasteiger partial charge is 0.262 e. The van der Waals surface area contributed by atoms with Crippen LogP contribution in [-0.4, -0.2) is 10.9 Å². The Morgan fingerprint density at radius 3 is 3.04 bits per heavy atom. The molecule has 114 valence electrons. The maximum absolute atomic E-state index is 12.2. The zero-order valence-corrected chi connectivity index (χ0v) is 14.4. The van der Waals surface area contributed by atoms with Crippen molar-refractivity contribution in [1.29, 1.82) is 5.26 Å². The summed E-state index contributed by atoms with van der Waals surface area (Å²) in [6.45, 7) is 0.426. The molecule has 4 nitrogen and oxygen atoms in total. The summed E-state index contributed by atoms with van der Waals surface area (Å²) in [5.74, 6) is -0.370. The first kappa shape index (κ1) is 15.5. The van der Waals surface area contributed by atoms with Crippen molar-refractivity contribution in [3.63, 3.8) is 0 Å². The minimum absolute atomic E-state index is 0.0856. The van der Waals surface area contributed by atoms with E-state index in [4.69, 9.17) is 0 Å². The summed E-state index contributed by atoms with van der Waals surface area (Å²) in [7, 11) is 0. The Morgan fingerprint density at radius 1 is 1.43 bits per heavy atom. The van der Waals surface area contributed by atoms with Crippen LogP contribution in [0.3, 0.4) is 0 Å². The number of nitriles is 1. The van der Waals surface area contributed by atoms with E-state index in [1.807, 2.05) is 41.8 Å². The molecule has 0 spiro atoms. The number of benzene rings is 1. The van der Waals surface area contributed by atoms with E-state index in [9.17, 15) is 10.1 Å². The third kappa shape index (κ3) is 3.52. The van der Waals surface area contributed by atoms with Crippen molar-refractivity contribution < 1.29 is 4.79 Å². The Hall–Kier alpha value is -2.36. The molecular formula is C17H12BrN3OS. The Bertz CT molecular complexity index is 919. The molecule has 0 bridgehead atoms. The van der Waals surface area contributed by atoms with Gasteiger partial charge in [0, 0.05) is 32.0 Å². The van der Waals surface area contributed by atoms with Crippen LogP contribution in [0.25, 0.3) is 17.0 Å². The van der Waals surface area contributed by atoms with E-state index in [2.05, 4.69) is 26.2 Å². The zero-order chi connectivity index (χ0) is 16.2. The van der Waals surface area contributed by atoms with Gasteiger partial charge < -0.3 is 10.3 Å². The maximum atomic E-state index is 12.2. The molecule has 0 atom stereocenters. The fourth-order valence-corrected chi connectivity index (χ4v) is 3.22. The van der Waals surface area contributed by atoms with Gasteiger partial charge in [0.15, 0.2) is 0 Å². The molecule has 6 heteroatoms. The number of hydrogen-bond acceptors (Lipinski definition) is 3. The summed E-state index contributed by atoms with van der Waals surface area (Å²) in [4.78, 5) is 16.4. The second-order valence-corrected chi connectivity index (χ2v) is 6.81.